The number of hydrogen-bond acceptors (Lipinski definition) is 4. The zero-order valence-corrected chi connectivity index (χ0v) is 15.3. The fourth-order valence-corrected chi connectivity index (χ4v) is 4.30. The molecule has 2 heterocycles. The monoisotopic (exact) mass is 353 g/mol. The molecule has 1 aliphatic heterocycles. The van der Waals surface area contributed by atoms with Gasteiger partial charge in [-0.1, -0.05) is 49.0 Å². The van der Waals surface area contributed by atoms with Crippen molar-refractivity contribution in [2.45, 2.75) is 51.4 Å². The number of likely N-dealkylation sites (tertiary alicyclic amines) is 1. The van der Waals surface area contributed by atoms with E-state index in [4.69, 9.17) is 4.52 Å². The normalized spacial score (nSPS) is 20.8. The summed E-state index contributed by atoms with van der Waals surface area (Å²) < 4.78 is 5.39. The van der Waals surface area contributed by atoms with Gasteiger partial charge < -0.3 is 9.42 Å². The van der Waals surface area contributed by atoms with Crippen LogP contribution in [0.15, 0.2) is 34.9 Å². The third kappa shape index (κ3) is 4.14. The van der Waals surface area contributed by atoms with Gasteiger partial charge in [-0.15, -0.1) is 0 Å². The molecule has 0 radical (unpaired) electrons. The van der Waals surface area contributed by atoms with Crippen LogP contribution < -0.4 is 0 Å². The van der Waals surface area contributed by atoms with Crippen molar-refractivity contribution in [2.24, 2.45) is 11.8 Å². The zero-order valence-electron chi connectivity index (χ0n) is 15.3. The number of carbonyl (C=O) groups excluding carboxylic acids is 1. The van der Waals surface area contributed by atoms with Crippen LogP contribution in [-0.4, -0.2) is 34.0 Å². The van der Waals surface area contributed by atoms with Crippen molar-refractivity contribution in [1.82, 2.24) is 15.0 Å². The molecule has 0 bridgehead atoms. The molecule has 0 spiro atoms. The summed E-state index contributed by atoms with van der Waals surface area (Å²) in [7, 11) is 0. The highest BCUT2D eigenvalue weighted by molar-refractivity contribution is 5.76. The molecular weight excluding hydrogens is 326 g/mol. The van der Waals surface area contributed by atoms with E-state index in [2.05, 4.69) is 10.1 Å². The molecule has 1 saturated carbocycles. The molecule has 1 atom stereocenters. The SMILES string of the molecule is O=C(CCC1CCCC1)N1CCC(Cc2noc(-c3ccccc3)n2)C1. The molecule has 1 amide bonds. The Balaban J connectivity index is 1.26. The number of hydrogen-bond donors (Lipinski definition) is 0. The minimum Gasteiger partial charge on any atom is -0.342 e. The van der Waals surface area contributed by atoms with E-state index in [1.54, 1.807) is 0 Å². The molecule has 5 heteroatoms. The molecule has 1 aromatic carbocycles. The fraction of sp³-hybridized carbons (Fsp3) is 0.571. The Morgan fingerprint density at radius 2 is 1.92 bits per heavy atom. The van der Waals surface area contributed by atoms with Crippen LogP contribution >= 0.6 is 0 Å². The van der Waals surface area contributed by atoms with Gasteiger partial charge in [0.1, 0.15) is 0 Å². The lowest BCUT2D eigenvalue weighted by Gasteiger charge is -2.17. The second-order valence-electron chi connectivity index (χ2n) is 7.77. The third-order valence-corrected chi connectivity index (χ3v) is 5.84. The highest BCUT2D eigenvalue weighted by atomic mass is 16.5. The lowest BCUT2D eigenvalue weighted by atomic mass is 10.0. The van der Waals surface area contributed by atoms with Crippen LogP contribution in [0.4, 0.5) is 0 Å². The Morgan fingerprint density at radius 1 is 1.12 bits per heavy atom. The zero-order chi connectivity index (χ0) is 17.8. The fourth-order valence-electron chi connectivity index (χ4n) is 4.30. The Morgan fingerprint density at radius 3 is 2.73 bits per heavy atom. The maximum Gasteiger partial charge on any atom is 0.257 e. The first-order chi connectivity index (χ1) is 12.8. The van der Waals surface area contributed by atoms with Gasteiger partial charge in [0.2, 0.25) is 5.91 Å². The van der Waals surface area contributed by atoms with Gasteiger partial charge in [-0.25, -0.2) is 0 Å². The second kappa shape index (κ2) is 8.02. The minimum atomic E-state index is 0.331. The molecule has 1 unspecified atom stereocenters. The summed E-state index contributed by atoms with van der Waals surface area (Å²) in [5.41, 5.74) is 0.946. The minimum absolute atomic E-state index is 0.331. The van der Waals surface area contributed by atoms with Gasteiger partial charge in [0.05, 0.1) is 0 Å². The van der Waals surface area contributed by atoms with E-state index >= 15 is 0 Å². The molecule has 2 fully saturated rings. The van der Waals surface area contributed by atoms with Gasteiger partial charge in [0, 0.05) is 31.5 Å². The highest BCUT2D eigenvalue weighted by Crippen LogP contribution is 2.29. The van der Waals surface area contributed by atoms with Crippen LogP contribution in [0, 0.1) is 11.8 Å². The molecule has 1 saturated heterocycles. The van der Waals surface area contributed by atoms with E-state index in [1.165, 1.54) is 25.7 Å². The second-order valence-corrected chi connectivity index (χ2v) is 7.77. The van der Waals surface area contributed by atoms with E-state index in [-0.39, 0.29) is 0 Å². The van der Waals surface area contributed by atoms with Crippen molar-refractivity contribution in [3.63, 3.8) is 0 Å². The van der Waals surface area contributed by atoms with Crippen LogP contribution in [-0.2, 0) is 11.2 Å². The Labute approximate surface area is 154 Å². The van der Waals surface area contributed by atoms with Gasteiger partial charge in [-0.05, 0) is 36.8 Å². The van der Waals surface area contributed by atoms with E-state index in [9.17, 15) is 4.79 Å². The van der Waals surface area contributed by atoms with Crippen LogP contribution in [0.5, 0.6) is 0 Å². The number of aromatic nitrogens is 2. The predicted octanol–water partition coefficient (Wildman–Crippen LogP) is 4.10. The average molecular weight is 353 g/mol. The maximum atomic E-state index is 12.5. The molecule has 4 rings (SSSR count). The first-order valence-electron chi connectivity index (χ1n) is 9.93. The number of nitrogens with zero attached hydrogens (tertiary/aromatic N) is 3. The van der Waals surface area contributed by atoms with Gasteiger partial charge in [-0.2, -0.15) is 4.98 Å². The molecular formula is C21H27N3O2. The number of amides is 1. The van der Waals surface area contributed by atoms with Crippen LogP contribution in [0.25, 0.3) is 11.5 Å². The molecule has 138 valence electrons. The van der Waals surface area contributed by atoms with Crippen LogP contribution in [0.3, 0.4) is 0 Å². The summed E-state index contributed by atoms with van der Waals surface area (Å²) >= 11 is 0. The van der Waals surface area contributed by atoms with Gasteiger partial charge in [0.25, 0.3) is 5.89 Å². The third-order valence-electron chi connectivity index (χ3n) is 5.84. The van der Waals surface area contributed by atoms with Crippen molar-refractivity contribution in [2.75, 3.05) is 13.1 Å². The molecule has 1 aliphatic carbocycles. The summed E-state index contributed by atoms with van der Waals surface area (Å²) in [5, 5.41) is 4.13. The Kier molecular flexibility index (Phi) is 5.32. The largest absolute Gasteiger partial charge is 0.342 e. The smallest absolute Gasteiger partial charge is 0.257 e. The van der Waals surface area contributed by atoms with Crippen LogP contribution in [0.1, 0.15) is 50.8 Å². The van der Waals surface area contributed by atoms with Crippen molar-refractivity contribution < 1.29 is 9.32 Å². The van der Waals surface area contributed by atoms with Gasteiger partial charge in [-0.3, -0.25) is 4.79 Å². The molecule has 1 aromatic heterocycles. The molecule has 26 heavy (non-hydrogen) atoms. The quantitative estimate of drug-likeness (QED) is 0.784. The lowest BCUT2D eigenvalue weighted by Crippen LogP contribution is -2.29. The molecule has 0 N–H and O–H groups in total. The predicted molar refractivity (Wildman–Crippen MR) is 99.3 cm³/mol. The molecule has 5 nitrogen and oxygen atoms in total. The molecule has 2 aliphatic rings. The lowest BCUT2D eigenvalue weighted by molar-refractivity contribution is -0.130. The van der Waals surface area contributed by atoms with E-state index in [0.29, 0.717) is 17.7 Å². The standard InChI is InChI=1S/C21H27N3O2/c25-20(11-10-16-6-4-5-7-16)24-13-12-17(15-24)14-19-22-21(26-23-19)18-8-2-1-3-9-18/h1-3,8-9,16-17H,4-7,10-15H2. The summed E-state index contributed by atoms with van der Waals surface area (Å²) in [6.45, 7) is 1.70. The van der Waals surface area contributed by atoms with Gasteiger partial charge in [0.15, 0.2) is 5.82 Å². The number of benzene rings is 1. The summed E-state index contributed by atoms with van der Waals surface area (Å²) in [5.74, 6) is 2.87. The van der Waals surface area contributed by atoms with Crippen molar-refractivity contribution >= 4 is 5.91 Å². The van der Waals surface area contributed by atoms with Crippen LogP contribution in [0.2, 0.25) is 0 Å². The first-order valence-corrected chi connectivity index (χ1v) is 9.93. The average Bonchev–Trinajstić information content (AvgIpc) is 3.43. The van der Waals surface area contributed by atoms with E-state index in [1.807, 2.05) is 35.2 Å². The summed E-state index contributed by atoms with van der Waals surface area (Å²) in [4.78, 5) is 19.0. The van der Waals surface area contributed by atoms with Gasteiger partial charge >= 0.3 is 0 Å². The number of carbonyl (C=O) groups is 1. The van der Waals surface area contributed by atoms with E-state index < -0.39 is 0 Å². The van der Waals surface area contributed by atoms with Crippen molar-refractivity contribution in [1.29, 1.82) is 0 Å². The summed E-state index contributed by atoms with van der Waals surface area (Å²) in [6.07, 6.45) is 8.94. The number of rotatable bonds is 6. The Bertz CT molecular complexity index is 722. The van der Waals surface area contributed by atoms with E-state index in [0.717, 1.165) is 56.1 Å². The topological polar surface area (TPSA) is 59.2 Å². The van der Waals surface area contributed by atoms with Crippen molar-refractivity contribution in [3.05, 3.63) is 36.2 Å². The molecule has 2 aromatic rings. The highest BCUT2D eigenvalue weighted by Gasteiger charge is 2.28. The first kappa shape index (κ1) is 17.3. The van der Waals surface area contributed by atoms with Crippen molar-refractivity contribution in [3.8, 4) is 11.5 Å². The maximum absolute atomic E-state index is 12.5. The Hall–Kier alpha value is -2.17. The summed E-state index contributed by atoms with van der Waals surface area (Å²) in [6, 6.07) is 9.84.